The molecule has 2 aromatic carbocycles. The van der Waals surface area contributed by atoms with Crippen molar-refractivity contribution >= 4 is 0 Å². The van der Waals surface area contributed by atoms with Crippen LogP contribution in [0.3, 0.4) is 0 Å². The van der Waals surface area contributed by atoms with E-state index in [1.165, 1.54) is 6.07 Å². The van der Waals surface area contributed by atoms with Gasteiger partial charge in [-0.1, -0.05) is 30.3 Å². The predicted octanol–water partition coefficient (Wildman–Crippen LogP) is 4.30. The molecule has 2 heterocycles. The third-order valence-corrected chi connectivity index (χ3v) is 5.10. The molecule has 1 aromatic heterocycles. The average molecular weight is 351 g/mol. The molecular formula is C21H22FN3O. The number of aromatic amines is 1. The second-order valence-corrected chi connectivity index (χ2v) is 6.91. The van der Waals surface area contributed by atoms with Gasteiger partial charge in [0.05, 0.1) is 6.20 Å². The van der Waals surface area contributed by atoms with Crippen molar-refractivity contribution in [3.63, 3.8) is 0 Å². The van der Waals surface area contributed by atoms with Crippen molar-refractivity contribution in [2.75, 3.05) is 13.1 Å². The minimum absolute atomic E-state index is 0.237. The van der Waals surface area contributed by atoms with Crippen LogP contribution in [0, 0.1) is 5.82 Å². The van der Waals surface area contributed by atoms with Gasteiger partial charge >= 0.3 is 0 Å². The smallest absolute Gasteiger partial charge is 0.123 e. The number of aromatic hydroxyl groups is 1. The fourth-order valence-electron chi connectivity index (χ4n) is 3.81. The molecule has 5 heteroatoms. The van der Waals surface area contributed by atoms with E-state index < -0.39 is 0 Å². The number of benzene rings is 2. The molecule has 0 saturated carbocycles. The zero-order chi connectivity index (χ0) is 17.9. The van der Waals surface area contributed by atoms with Crippen molar-refractivity contribution in [2.24, 2.45) is 0 Å². The Kier molecular flexibility index (Phi) is 4.71. The van der Waals surface area contributed by atoms with Gasteiger partial charge in [0.1, 0.15) is 11.6 Å². The van der Waals surface area contributed by atoms with Gasteiger partial charge in [-0.25, -0.2) is 4.39 Å². The number of para-hydroxylation sites is 1. The Hall–Kier alpha value is -2.66. The van der Waals surface area contributed by atoms with Crippen LogP contribution in [0.2, 0.25) is 0 Å². The number of H-pyrrole nitrogens is 1. The molecule has 0 bridgehead atoms. The SMILES string of the molecule is Oc1ccccc1CN1CCC[C@@H](c2[nH]ncc2-c2cccc(F)c2)C1. The number of phenols is 1. The van der Waals surface area contributed by atoms with Gasteiger partial charge in [0.15, 0.2) is 0 Å². The molecule has 0 aliphatic carbocycles. The number of nitrogens with zero attached hydrogens (tertiary/aromatic N) is 2. The molecule has 3 aromatic rings. The number of hydrogen-bond donors (Lipinski definition) is 2. The molecule has 134 valence electrons. The maximum absolute atomic E-state index is 13.6. The van der Waals surface area contributed by atoms with Gasteiger partial charge in [0.25, 0.3) is 0 Å². The molecule has 0 radical (unpaired) electrons. The van der Waals surface area contributed by atoms with Crippen LogP contribution >= 0.6 is 0 Å². The van der Waals surface area contributed by atoms with Crippen LogP contribution < -0.4 is 0 Å². The topological polar surface area (TPSA) is 52.1 Å². The molecular weight excluding hydrogens is 329 g/mol. The zero-order valence-corrected chi connectivity index (χ0v) is 14.5. The van der Waals surface area contributed by atoms with E-state index in [0.29, 0.717) is 11.7 Å². The number of phenolic OH excluding ortho intramolecular Hbond substituents is 1. The molecule has 0 spiro atoms. The minimum atomic E-state index is -0.237. The van der Waals surface area contributed by atoms with Crippen molar-refractivity contribution in [1.82, 2.24) is 15.1 Å². The lowest BCUT2D eigenvalue weighted by molar-refractivity contribution is 0.197. The third kappa shape index (κ3) is 3.48. The van der Waals surface area contributed by atoms with Crippen LogP contribution in [-0.4, -0.2) is 33.3 Å². The first-order valence-electron chi connectivity index (χ1n) is 8.99. The Balaban J connectivity index is 1.54. The Morgan fingerprint density at radius 3 is 2.92 bits per heavy atom. The molecule has 1 saturated heterocycles. The van der Waals surface area contributed by atoms with Gasteiger partial charge in [0, 0.05) is 35.8 Å². The number of likely N-dealkylation sites (tertiary alicyclic amines) is 1. The van der Waals surface area contributed by atoms with E-state index in [1.54, 1.807) is 24.4 Å². The van der Waals surface area contributed by atoms with E-state index >= 15 is 0 Å². The maximum atomic E-state index is 13.6. The summed E-state index contributed by atoms with van der Waals surface area (Å²) in [6.07, 6.45) is 3.94. The van der Waals surface area contributed by atoms with Gasteiger partial charge in [-0.3, -0.25) is 10.00 Å². The van der Waals surface area contributed by atoms with Gasteiger partial charge in [0.2, 0.25) is 0 Å². The first-order chi connectivity index (χ1) is 12.7. The summed E-state index contributed by atoms with van der Waals surface area (Å²) in [4.78, 5) is 2.36. The van der Waals surface area contributed by atoms with Crippen LogP contribution in [0.25, 0.3) is 11.1 Å². The lowest BCUT2D eigenvalue weighted by Crippen LogP contribution is -2.34. The van der Waals surface area contributed by atoms with E-state index in [2.05, 4.69) is 15.1 Å². The Labute approximate surface area is 152 Å². The standard InChI is InChI=1S/C21H22FN3O/c22-18-8-3-6-15(11-18)19-12-23-24-21(19)17-7-4-10-25(14-17)13-16-5-1-2-9-20(16)26/h1-3,5-6,8-9,11-12,17,26H,4,7,10,13-14H2,(H,23,24)/t17-/m1/s1. The number of aromatic nitrogens is 2. The second-order valence-electron chi connectivity index (χ2n) is 6.91. The second kappa shape index (κ2) is 7.30. The highest BCUT2D eigenvalue weighted by Crippen LogP contribution is 2.34. The average Bonchev–Trinajstić information content (AvgIpc) is 3.14. The molecule has 26 heavy (non-hydrogen) atoms. The maximum Gasteiger partial charge on any atom is 0.123 e. The number of halogens is 1. The first kappa shape index (κ1) is 16.8. The van der Waals surface area contributed by atoms with E-state index in [-0.39, 0.29) is 5.82 Å². The molecule has 4 rings (SSSR count). The fraction of sp³-hybridized carbons (Fsp3) is 0.286. The Bertz CT molecular complexity index is 892. The summed E-state index contributed by atoms with van der Waals surface area (Å²) in [6, 6.07) is 14.1. The number of hydrogen-bond acceptors (Lipinski definition) is 3. The summed E-state index contributed by atoms with van der Waals surface area (Å²) in [7, 11) is 0. The van der Waals surface area contributed by atoms with Crippen LogP contribution in [0.1, 0.15) is 30.0 Å². The summed E-state index contributed by atoms with van der Waals surface area (Å²) >= 11 is 0. The van der Waals surface area contributed by atoms with Gasteiger partial charge in [-0.05, 0) is 43.1 Å². The van der Waals surface area contributed by atoms with E-state index in [0.717, 1.165) is 54.9 Å². The molecule has 0 unspecified atom stereocenters. The minimum Gasteiger partial charge on any atom is -0.508 e. The summed E-state index contributed by atoms with van der Waals surface area (Å²) in [5.41, 5.74) is 3.84. The lowest BCUT2D eigenvalue weighted by atomic mass is 9.90. The van der Waals surface area contributed by atoms with Crippen molar-refractivity contribution < 1.29 is 9.50 Å². The van der Waals surface area contributed by atoms with E-state index in [1.807, 2.05) is 24.3 Å². The fourth-order valence-corrected chi connectivity index (χ4v) is 3.81. The van der Waals surface area contributed by atoms with Crippen LogP contribution in [0.15, 0.2) is 54.7 Å². The van der Waals surface area contributed by atoms with Crippen molar-refractivity contribution in [1.29, 1.82) is 0 Å². The number of piperidine rings is 1. The van der Waals surface area contributed by atoms with Crippen LogP contribution in [0.4, 0.5) is 4.39 Å². The third-order valence-electron chi connectivity index (χ3n) is 5.10. The predicted molar refractivity (Wildman–Crippen MR) is 99.3 cm³/mol. The summed E-state index contributed by atoms with van der Waals surface area (Å²) in [5.74, 6) is 0.423. The molecule has 1 fully saturated rings. The lowest BCUT2D eigenvalue weighted by Gasteiger charge is -2.32. The molecule has 1 atom stereocenters. The Morgan fingerprint density at radius 1 is 1.19 bits per heavy atom. The van der Waals surface area contributed by atoms with Crippen molar-refractivity contribution in [3.05, 3.63) is 71.8 Å². The number of rotatable bonds is 4. The zero-order valence-electron chi connectivity index (χ0n) is 14.5. The monoisotopic (exact) mass is 351 g/mol. The highest BCUT2D eigenvalue weighted by molar-refractivity contribution is 5.65. The van der Waals surface area contributed by atoms with Gasteiger partial charge in [-0.15, -0.1) is 0 Å². The van der Waals surface area contributed by atoms with Gasteiger partial charge in [-0.2, -0.15) is 5.10 Å². The molecule has 1 aliphatic heterocycles. The summed E-state index contributed by atoms with van der Waals surface area (Å²) < 4.78 is 13.6. The van der Waals surface area contributed by atoms with Crippen molar-refractivity contribution in [3.8, 4) is 16.9 Å². The molecule has 1 aliphatic rings. The first-order valence-corrected chi connectivity index (χ1v) is 8.99. The van der Waals surface area contributed by atoms with Crippen molar-refractivity contribution in [2.45, 2.75) is 25.3 Å². The van der Waals surface area contributed by atoms with Crippen LogP contribution in [0.5, 0.6) is 5.75 Å². The Morgan fingerprint density at radius 2 is 2.08 bits per heavy atom. The summed E-state index contributed by atoms with van der Waals surface area (Å²) in [5, 5.41) is 17.4. The van der Waals surface area contributed by atoms with E-state index in [9.17, 15) is 9.50 Å². The number of nitrogens with one attached hydrogen (secondary N) is 1. The van der Waals surface area contributed by atoms with Gasteiger partial charge < -0.3 is 5.11 Å². The molecule has 0 amide bonds. The molecule has 4 nitrogen and oxygen atoms in total. The largest absolute Gasteiger partial charge is 0.508 e. The summed E-state index contributed by atoms with van der Waals surface area (Å²) in [6.45, 7) is 2.62. The highest BCUT2D eigenvalue weighted by Gasteiger charge is 2.25. The molecule has 2 N–H and O–H groups in total. The van der Waals surface area contributed by atoms with Crippen LogP contribution in [-0.2, 0) is 6.54 Å². The quantitative estimate of drug-likeness (QED) is 0.737. The van der Waals surface area contributed by atoms with E-state index in [4.69, 9.17) is 0 Å². The normalized spacial score (nSPS) is 18.1. The highest BCUT2D eigenvalue weighted by atomic mass is 19.1.